The molecule has 0 fully saturated rings. The van der Waals surface area contributed by atoms with Gasteiger partial charge in [-0.15, -0.1) is 0 Å². The van der Waals surface area contributed by atoms with Crippen LogP contribution >= 0.6 is 11.6 Å². The molecule has 0 spiro atoms. The molecule has 0 atom stereocenters. The second-order valence-corrected chi connectivity index (χ2v) is 5.50. The lowest BCUT2D eigenvalue weighted by atomic mass is 10.2. The molecule has 0 bridgehead atoms. The molecule has 2 nitrogen and oxygen atoms in total. The first-order chi connectivity index (χ1) is 11.2. The van der Waals surface area contributed by atoms with E-state index in [2.05, 4.69) is 5.32 Å². The van der Waals surface area contributed by atoms with Gasteiger partial charge >= 0.3 is 0 Å². The molecular weight excluding hydrogens is 313 g/mol. The Labute approximate surface area is 139 Å². The Balaban J connectivity index is 1.58. The van der Waals surface area contributed by atoms with Gasteiger partial charge in [0.1, 0.15) is 17.3 Å². The molecule has 23 heavy (non-hydrogen) atoms. The van der Waals surface area contributed by atoms with Crippen LogP contribution in [-0.2, 0) is 6.54 Å². The largest absolute Gasteiger partial charge is 0.457 e. The lowest BCUT2D eigenvalue weighted by Gasteiger charge is -2.09. The molecule has 0 radical (unpaired) electrons. The van der Waals surface area contributed by atoms with Gasteiger partial charge in [0.2, 0.25) is 0 Å². The number of halogens is 2. The third-order valence-electron chi connectivity index (χ3n) is 3.31. The molecule has 0 unspecified atom stereocenters. The molecule has 0 aliphatic rings. The van der Waals surface area contributed by atoms with Crippen LogP contribution in [0.15, 0.2) is 72.8 Å². The Bertz CT molecular complexity index is 755. The zero-order valence-electron chi connectivity index (χ0n) is 12.3. The Hall–Kier alpha value is -2.52. The van der Waals surface area contributed by atoms with Gasteiger partial charge < -0.3 is 10.1 Å². The number of benzene rings is 3. The monoisotopic (exact) mass is 327 g/mol. The molecule has 0 amide bonds. The van der Waals surface area contributed by atoms with Gasteiger partial charge in [-0.25, -0.2) is 4.39 Å². The summed E-state index contributed by atoms with van der Waals surface area (Å²) < 4.78 is 18.6. The summed E-state index contributed by atoms with van der Waals surface area (Å²) in [5.74, 6) is 1.26. The number of nitrogens with one attached hydrogen (secondary N) is 1. The van der Waals surface area contributed by atoms with E-state index < -0.39 is 0 Å². The number of hydrogen-bond acceptors (Lipinski definition) is 2. The van der Waals surface area contributed by atoms with Crippen molar-refractivity contribution in [2.75, 3.05) is 5.32 Å². The van der Waals surface area contributed by atoms with Crippen LogP contribution in [0.1, 0.15) is 5.56 Å². The predicted octanol–water partition coefficient (Wildman–Crippen LogP) is 5.88. The van der Waals surface area contributed by atoms with Crippen molar-refractivity contribution in [3.05, 3.63) is 89.2 Å². The predicted molar refractivity (Wildman–Crippen MR) is 91.7 cm³/mol. The smallest absolute Gasteiger partial charge is 0.127 e. The second kappa shape index (κ2) is 7.16. The minimum absolute atomic E-state index is 0.225. The lowest BCUT2D eigenvalue weighted by molar-refractivity contribution is 0.483. The third kappa shape index (κ3) is 4.47. The van der Waals surface area contributed by atoms with Crippen LogP contribution in [0.25, 0.3) is 0 Å². The second-order valence-electron chi connectivity index (χ2n) is 5.06. The van der Waals surface area contributed by atoms with Gasteiger partial charge in [0, 0.05) is 17.3 Å². The van der Waals surface area contributed by atoms with Crippen LogP contribution in [-0.4, -0.2) is 0 Å². The average Bonchev–Trinajstić information content (AvgIpc) is 2.58. The molecule has 1 N–H and O–H groups in total. The van der Waals surface area contributed by atoms with E-state index in [9.17, 15) is 4.39 Å². The van der Waals surface area contributed by atoms with Crippen molar-refractivity contribution in [1.82, 2.24) is 0 Å². The molecule has 0 saturated heterocycles. The van der Waals surface area contributed by atoms with Gasteiger partial charge in [-0.1, -0.05) is 23.7 Å². The van der Waals surface area contributed by atoms with Gasteiger partial charge in [-0.05, 0) is 66.2 Å². The molecule has 3 aromatic carbocycles. The van der Waals surface area contributed by atoms with Crippen molar-refractivity contribution in [3.8, 4) is 11.5 Å². The van der Waals surface area contributed by atoms with Crippen LogP contribution in [0.3, 0.4) is 0 Å². The van der Waals surface area contributed by atoms with Crippen LogP contribution in [0.2, 0.25) is 5.02 Å². The highest BCUT2D eigenvalue weighted by molar-refractivity contribution is 6.30. The maximum absolute atomic E-state index is 12.9. The SMILES string of the molecule is Fc1ccc(CNc2ccc(Oc3ccc(Cl)cc3)cc2)cc1. The van der Waals surface area contributed by atoms with Crippen LogP contribution in [0.4, 0.5) is 10.1 Å². The van der Waals surface area contributed by atoms with Crippen LogP contribution in [0, 0.1) is 5.82 Å². The van der Waals surface area contributed by atoms with Gasteiger partial charge in [-0.3, -0.25) is 0 Å². The van der Waals surface area contributed by atoms with E-state index in [0.29, 0.717) is 11.6 Å². The van der Waals surface area contributed by atoms with Crippen molar-refractivity contribution < 1.29 is 9.13 Å². The minimum Gasteiger partial charge on any atom is -0.457 e. The number of hydrogen-bond donors (Lipinski definition) is 1. The van der Waals surface area contributed by atoms with Gasteiger partial charge in [0.25, 0.3) is 0 Å². The molecule has 0 aliphatic heterocycles. The first-order valence-electron chi connectivity index (χ1n) is 7.21. The first kappa shape index (κ1) is 15.4. The highest BCUT2D eigenvalue weighted by Gasteiger charge is 1.99. The van der Waals surface area contributed by atoms with Crippen molar-refractivity contribution in [2.24, 2.45) is 0 Å². The van der Waals surface area contributed by atoms with E-state index in [1.807, 2.05) is 36.4 Å². The fraction of sp³-hybridized carbons (Fsp3) is 0.0526. The average molecular weight is 328 g/mol. The van der Waals surface area contributed by atoms with E-state index in [1.54, 1.807) is 24.3 Å². The van der Waals surface area contributed by atoms with Crippen LogP contribution < -0.4 is 10.1 Å². The van der Waals surface area contributed by atoms with Gasteiger partial charge in [-0.2, -0.15) is 0 Å². The fourth-order valence-electron chi connectivity index (χ4n) is 2.09. The van der Waals surface area contributed by atoms with E-state index in [0.717, 1.165) is 22.7 Å². The Morgan fingerprint density at radius 1 is 0.783 bits per heavy atom. The Morgan fingerprint density at radius 2 is 1.35 bits per heavy atom. The maximum Gasteiger partial charge on any atom is 0.127 e. The summed E-state index contributed by atoms with van der Waals surface area (Å²) in [6, 6.07) is 21.3. The topological polar surface area (TPSA) is 21.3 Å². The molecule has 3 rings (SSSR count). The fourth-order valence-corrected chi connectivity index (χ4v) is 2.21. The van der Waals surface area contributed by atoms with Gasteiger partial charge in [0.05, 0.1) is 0 Å². The van der Waals surface area contributed by atoms with E-state index in [-0.39, 0.29) is 5.82 Å². The highest BCUT2D eigenvalue weighted by Crippen LogP contribution is 2.24. The summed E-state index contributed by atoms with van der Waals surface area (Å²) >= 11 is 5.84. The summed E-state index contributed by atoms with van der Waals surface area (Å²) in [5.41, 5.74) is 1.99. The molecule has 0 aliphatic carbocycles. The molecular formula is C19H15ClFNO. The first-order valence-corrected chi connectivity index (χ1v) is 7.59. The Morgan fingerprint density at radius 3 is 1.96 bits per heavy atom. The normalized spacial score (nSPS) is 10.3. The summed E-state index contributed by atoms with van der Waals surface area (Å²) in [5, 5.41) is 3.96. The van der Waals surface area contributed by atoms with Crippen molar-refractivity contribution in [3.63, 3.8) is 0 Å². The van der Waals surface area contributed by atoms with Crippen molar-refractivity contribution in [1.29, 1.82) is 0 Å². The maximum atomic E-state index is 12.9. The minimum atomic E-state index is -0.225. The number of anilines is 1. The lowest BCUT2D eigenvalue weighted by Crippen LogP contribution is -1.99. The number of rotatable bonds is 5. The van der Waals surface area contributed by atoms with Crippen molar-refractivity contribution >= 4 is 17.3 Å². The molecule has 0 saturated carbocycles. The standard InChI is InChI=1S/C19H15ClFNO/c20-15-3-9-18(10-4-15)23-19-11-7-17(8-12-19)22-13-14-1-5-16(21)6-2-14/h1-12,22H,13H2. The van der Waals surface area contributed by atoms with E-state index in [4.69, 9.17) is 16.3 Å². The summed E-state index contributed by atoms with van der Waals surface area (Å²) in [4.78, 5) is 0. The van der Waals surface area contributed by atoms with Crippen molar-refractivity contribution in [2.45, 2.75) is 6.54 Å². The van der Waals surface area contributed by atoms with E-state index >= 15 is 0 Å². The summed E-state index contributed by atoms with van der Waals surface area (Å²) in [6.45, 7) is 0.637. The third-order valence-corrected chi connectivity index (χ3v) is 3.57. The Kier molecular flexibility index (Phi) is 4.79. The zero-order valence-corrected chi connectivity index (χ0v) is 13.1. The number of ether oxygens (including phenoxy) is 1. The molecule has 3 aromatic rings. The summed E-state index contributed by atoms with van der Waals surface area (Å²) in [6.07, 6.45) is 0. The van der Waals surface area contributed by atoms with E-state index in [1.165, 1.54) is 12.1 Å². The highest BCUT2D eigenvalue weighted by atomic mass is 35.5. The molecule has 116 valence electrons. The zero-order chi connectivity index (χ0) is 16.1. The quantitative estimate of drug-likeness (QED) is 0.631. The molecule has 0 aromatic heterocycles. The van der Waals surface area contributed by atoms with Crippen LogP contribution in [0.5, 0.6) is 11.5 Å². The molecule has 4 heteroatoms. The molecule has 0 heterocycles. The summed E-state index contributed by atoms with van der Waals surface area (Å²) in [7, 11) is 0. The van der Waals surface area contributed by atoms with Gasteiger partial charge in [0.15, 0.2) is 0 Å².